The first-order valence-electron chi connectivity index (χ1n) is 3.10. The lowest BCUT2D eigenvalue weighted by Crippen LogP contribution is -2.54. The average Bonchev–Trinajstić information content (AvgIpc) is 1.86. The molecule has 11 heavy (non-hydrogen) atoms. The molecule has 3 nitrogen and oxygen atoms in total. The van der Waals surface area contributed by atoms with Gasteiger partial charge in [-0.15, -0.1) is 13.2 Å². The summed E-state index contributed by atoms with van der Waals surface area (Å²) in [6.07, 6.45) is -4.51. The van der Waals surface area contributed by atoms with E-state index >= 15 is 0 Å². The van der Waals surface area contributed by atoms with Crippen LogP contribution in [0.2, 0.25) is 0 Å². The normalized spacial score (nSPS) is 20.6. The zero-order valence-electron chi connectivity index (χ0n) is 5.61. The SMILES string of the molecule is O=C1CNCCN1C(F)(F)F. The van der Waals surface area contributed by atoms with Crippen molar-refractivity contribution >= 4 is 5.91 Å². The molecule has 1 heterocycles. The standard InChI is InChI=1S/C5H7F3N2O/c6-5(7,8)10-2-1-9-3-4(10)11/h9H,1-3H2. The van der Waals surface area contributed by atoms with E-state index in [0.29, 0.717) is 0 Å². The topological polar surface area (TPSA) is 32.3 Å². The van der Waals surface area contributed by atoms with Gasteiger partial charge in [0.2, 0.25) is 5.91 Å². The van der Waals surface area contributed by atoms with Gasteiger partial charge in [-0.2, -0.15) is 0 Å². The van der Waals surface area contributed by atoms with Crippen LogP contribution in [0.5, 0.6) is 0 Å². The second-order valence-electron chi connectivity index (χ2n) is 2.19. The summed E-state index contributed by atoms with van der Waals surface area (Å²) in [7, 11) is 0. The van der Waals surface area contributed by atoms with E-state index in [1.807, 2.05) is 0 Å². The summed E-state index contributed by atoms with van der Waals surface area (Å²) in [4.78, 5) is 10.5. The lowest BCUT2D eigenvalue weighted by atomic mass is 10.4. The van der Waals surface area contributed by atoms with Crippen LogP contribution >= 0.6 is 0 Å². The van der Waals surface area contributed by atoms with Gasteiger partial charge in [0, 0.05) is 13.1 Å². The number of nitrogens with zero attached hydrogens (tertiary/aromatic N) is 1. The fourth-order valence-electron chi connectivity index (χ4n) is 0.874. The molecule has 0 unspecified atom stereocenters. The minimum absolute atomic E-state index is 0.0799. The molecule has 0 bridgehead atoms. The number of hydrogen-bond acceptors (Lipinski definition) is 2. The Bertz CT molecular complexity index is 168. The van der Waals surface area contributed by atoms with E-state index in [0.717, 1.165) is 0 Å². The Morgan fingerprint density at radius 2 is 2.09 bits per heavy atom. The van der Waals surface area contributed by atoms with Crippen LogP contribution in [0.3, 0.4) is 0 Å². The average molecular weight is 168 g/mol. The molecule has 1 aliphatic heterocycles. The van der Waals surface area contributed by atoms with Crippen molar-refractivity contribution in [2.45, 2.75) is 6.30 Å². The van der Waals surface area contributed by atoms with Crippen molar-refractivity contribution in [3.8, 4) is 0 Å². The summed E-state index contributed by atoms with van der Waals surface area (Å²) in [5, 5.41) is 2.55. The van der Waals surface area contributed by atoms with Crippen LogP contribution in [0.4, 0.5) is 13.2 Å². The van der Waals surface area contributed by atoms with Crippen LogP contribution in [0.1, 0.15) is 0 Å². The number of hydrogen-bond donors (Lipinski definition) is 1. The van der Waals surface area contributed by atoms with Crippen molar-refractivity contribution in [1.82, 2.24) is 10.2 Å². The molecular weight excluding hydrogens is 161 g/mol. The smallest absolute Gasteiger partial charge is 0.307 e. The van der Waals surface area contributed by atoms with Gasteiger partial charge in [-0.05, 0) is 0 Å². The minimum Gasteiger partial charge on any atom is -0.307 e. The number of halogens is 3. The zero-order chi connectivity index (χ0) is 8.48. The second kappa shape index (κ2) is 2.69. The van der Waals surface area contributed by atoms with Gasteiger partial charge >= 0.3 is 6.30 Å². The molecule has 6 heteroatoms. The van der Waals surface area contributed by atoms with Crippen LogP contribution in [-0.4, -0.2) is 36.7 Å². The van der Waals surface area contributed by atoms with E-state index < -0.39 is 12.2 Å². The number of carbonyl (C=O) groups is 1. The predicted octanol–water partition coefficient (Wildman–Crippen LogP) is -0.0620. The molecule has 0 saturated carbocycles. The summed E-state index contributed by atoms with van der Waals surface area (Å²) < 4.78 is 35.6. The van der Waals surface area contributed by atoms with E-state index in [4.69, 9.17) is 0 Å². The summed E-state index contributed by atoms with van der Waals surface area (Å²) in [5.41, 5.74) is 0. The first kappa shape index (κ1) is 8.32. The molecule has 0 aromatic rings. The predicted molar refractivity (Wildman–Crippen MR) is 30.6 cm³/mol. The van der Waals surface area contributed by atoms with Crippen molar-refractivity contribution in [2.24, 2.45) is 0 Å². The molecule has 0 spiro atoms. The first-order chi connectivity index (χ1) is 5.02. The van der Waals surface area contributed by atoms with Gasteiger partial charge in [0.05, 0.1) is 6.54 Å². The molecule has 0 aromatic heterocycles. The third-order valence-electron chi connectivity index (χ3n) is 1.40. The Kier molecular flexibility index (Phi) is 2.03. The maximum Gasteiger partial charge on any atom is 0.487 e. The summed E-state index contributed by atoms with van der Waals surface area (Å²) >= 11 is 0. The summed E-state index contributed by atoms with van der Waals surface area (Å²) in [6, 6.07) is 0. The number of nitrogens with one attached hydrogen (secondary N) is 1. The van der Waals surface area contributed by atoms with Crippen molar-refractivity contribution < 1.29 is 18.0 Å². The van der Waals surface area contributed by atoms with Crippen LogP contribution in [-0.2, 0) is 4.79 Å². The molecular formula is C5H7F3N2O. The maximum atomic E-state index is 11.9. The highest BCUT2D eigenvalue weighted by molar-refractivity contribution is 5.79. The molecule has 0 atom stereocenters. The minimum atomic E-state index is -4.51. The third-order valence-corrected chi connectivity index (χ3v) is 1.40. The lowest BCUT2D eigenvalue weighted by molar-refractivity contribution is -0.242. The highest BCUT2D eigenvalue weighted by Crippen LogP contribution is 2.21. The molecule has 0 radical (unpaired) electrons. The zero-order valence-corrected chi connectivity index (χ0v) is 5.61. The fraction of sp³-hybridized carbons (Fsp3) is 0.800. The fourth-order valence-corrected chi connectivity index (χ4v) is 0.874. The molecule has 0 aromatic carbocycles. The highest BCUT2D eigenvalue weighted by Gasteiger charge is 2.41. The molecule has 1 saturated heterocycles. The number of rotatable bonds is 0. The van der Waals surface area contributed by atoms with E-state index in [1.165, 1.54) is 0 Å². The number of carbonyl (C=O) groups excluding carboxylic acids is 1. The van der Waals surface area contributed by atoms with Gasteiger partial charge in [-0.1, -0.05) is 0 Å². The quantitative estimate of drug-likeness (QED) is 0.514. The number of piperazine rings is 1. The molecule has 64 valence electrons. The van der Waals surface area contributed by atoms with Crippen molar-refractivity contribution in [2.75, 3.05) is 19.6 Å². The Morgan fingerprint density at radius 1 is 1.45 bits per heavy atom. The molecule has 1 aliphatic rings. The van der Waals surface area contributed by atoms with Crippen molar-refractivity contribution in [3.05, 3.63) is 0 Å². The van der Waals surface area contributed by atoms with Gasteiger partial charge in [0.25, 0.3) is 0 Å². The van der Waals surface area contributed by atoms with Gasteiger partial charge in [-0.3, -0.25) is 9.69 Å². The Balaban J connectivity index is 2.62. The van der Waals surface area contributed by atoms with E-state index in [-0.39, 0.29) is 24.5 Å². The Morgan fingerprint density at radius 3 is 2.45 bits per heavy atom. The highest BCUT2D eigenvalue weighted by atomic mass is 19.4. The molecule has 1 amide bonds. The number of alkyl halides is 3. The summed E-state index contributed by atoms with van der Waals surface area (Å²) in [5.74, 6) is -0.913. The molecule has 1 N–H and O–H groups in total. The second-order valence-corrected chi connectivity index (χ2v) is 2.19. The van der Waals surface area contributed by atoms with E-state index in [2.05, 4.69) is 5.32 Å². The largest absolute Gasteiger partial charge is 0.487 e. The number of amides is 1. The third kappa shape index (κ3) is 1.83. The van der Waals surface area contributed by atoms with Crippen LogP contribution in [0, 0.1) is 0 Å². The molecule has 1 fully saturated rings. The van der Waals surface area contributed by atoms with Crippen molar-refractivity contribution in [1.29, 1.82) is 0 Å². The van der Waals surface area contributed by atoms with E-state index in [9.17, 15) is 18.0 Å². The lowest BCUT2D eigenvalue weighted by Gasteiger charge is -2.28. The van der Waals surface area contributed by atoms with Gasteiger partial charge in [-0.25, -0.2) is 0 Å². The van der Waals surface area contributed by atoms with Crippen LogP contribution in [0.25, 0.3) is 0 Å². The van der Waals surface area contributed by atoms with Gasteiger partial charge < -0.3 is 5.32 Å². The Labute approximate surface area is 61.2 Å². The Hall–Kier alpha value is -0.780. The van der Waals surface area contributed by atoms with Crippen LogP contribution in [0.15, 0.2) is 0 Å². The molecule has 0 aliphatic carbocycles. The van der Waals surface area contributed by atoms with E-state index in [1.54, 1.807) is 0 Å². The molecule has 1 rings (SSSR count). The monoisotopic (exact) mass is 168 g/mol. The first-order valence-corrected chi connectivity index (χ1v) is 3.10. The maximum absolute atomic E-state index is 11.9. The van der Waals surface area contributed by atoms with Gasteiger partial charge in [0.15, 0.2) is 0 Å². The summed E-state index contributed by atoms with van der Waals surface area (Å²) in [6.45, 7) is -0.312. The van der Waals surface area contributed by atoms with Gasteiger partial charge in [0.1, 0.15) is 0 Å². The van der Waals surface area contributed by atoms with Crippen LogP contribution < -0.4 is 5.32 Å². The van der Waals surface area contributed by atoms with Crippen molar-refractivity contribution in [3.63, 3.8) is 0 Å².